The lowest BCUT2D eigenvalue weighted by Crippen LogP contribution is -2.19. The molecule has 0 radical (unpaired) electrons. The van der Waals surface area contributed by atoms with Gasteiger partial charge >= 0.3 is 5.69 Å². The van der Waals surface area contributed by atoms with E-state index in [2.05, 4.69) is 9.97 Å². The Bertz CT molecular complexity index is 643. The first kappa shape index (κ1) is 14.7. The number of rotatable bonds is 5. The van der Waals surface area contributed by atoms with Crippen molar-refractivity contribution >= 4 is 11.6 Å². The molecule has 7 heteroatoms. The van der Waals surface area contributed by atoms with Crippen molar-refractivity contribution in [3.05, 3.63) is 51.8 Å². The molecule has 7 nitrogen and oxygen atoms in total. The van der Waals surface area contributed by atoms with E-state index in [-0.39, 0.29) is 5.69 Å². The molecule has 2 rings (SSSR count). The van der Waals surface area contributed by atoms with Crippen LogP contribution in [0, 0.1) is 17.0 Å². The van der Waals surface area contributed by atoms with Crippen molar-refractivity contribution in [2.75, 3.05) is 19.1 Å². The molecule has 0 aliphatic heterocycles. The van der Waals surface area contributed by atoms with Crippen LogP contribution < -0.4 is 9.64 Å². The van der Waals surface area contributed by atoms with Gasteiger partial charge in [-0.3, -0.25) is 10.1 Å². The molecule has 0 aliphatic rings. The van der Waals surface area contributed by atoms with Gasteiger partial charge in [0.1, 0.15) is 18.1 Å². The van der Waals surface area contributed by atoms with Gasteiger partial charge in [0.15, 0.2) is 0 Å². The molecular formula is C14H16N4O3. The van der Waals surface area contributed by atoms with Crippen molar-refractivity contribution in [1.29, 1.82) is 0 Å². The zero-order valence-corrected chi connectivity index (χ0v) is 12.1. The molecule has 0 saturated heterocycles. The van der Waals surface area contributed by atoms with Gasteiger partial charge in [0, 0.05) is 13.6 Å². The molecule has 0 aliphatic carbocycles. The van der Waals surface area contributed by atoms with Crippen LogP contribution in [0.4, 0.5) is 11.6 Å². The fraction of sp³-hybridized carbons (Fsp3) is 0.286. The fourth-order valence-electron chi connectivity index (χ4n) is 1.99. The highest BCUT2D eigenvalue weighted by atomic mass is 16.6. The predicted octanol–water partition coefficient (Wildman–Crippen LogP) is 2.34. The third kappa shape index (κ3) is 3.44. The second kappa shape index (κ2) is 6.17. The van der Waals surface area contributed by atoms with E-state index >= 15 is 0 Å². The van der Waals surface area contributed by atoms with Gasteiger partial charge in [-0.25, -0.2) is 9.97 Å². The number of nitro groups is 1. The van der Waals surface area contributed by atoms with Crippen LogP contribution in [0.2, 0.25) is 0 Å². The third-order valence-electron chi connectivity index (χ3n) is 3.06. The molecule has 1 aromatic carbocycles. The largest absolute Gasteiger partial charge is 0.496 e. The lowest BCUT2D eigenvalue weighted by atomic mass is 10.1. The molecule has 0 unspecified atom stereocenters. The average Bonchev–Trinajstić information content (AvgIpc) is 2.47. The summed E-state index contributed by atoms with van der Waals surface area (Å²) >= 11 is 0. The van der Waals surface area contributed by atoms with Crippen LogP contribution >= 0.6 is 0 Å². The van der Waals surface area contributed by atoms with E-state index in [1.54, 1.807) is 7.11 Å². The zero-order valence-electron chi connectivity index (χ0n) is 12.1. The molecule has 21 heavy (non-hydrogen) atoms. The summed E-state index contributed by atoms with van der Waals surface area (Å²) < 4.78 is 5.22. The van der Waals surface area contributed by atoms with Gasteiger partial charge < -0.3 is 9.64 Å². The average molecular weight is 288 g/mol. The number of nitrogens with zero attached hydrogens (tertiary/aromatic N) is 4. The van der Waals surface area contributed by atoms with Gasteiger partial charge in [-0.05, 0) is 24.1 Å². The van der Waals surface area contributed by atoms with E-state index in [0.29, 0.717) is 12.5 Å². The summed E-state index contributed by atoms with van der Waals surface area (Å²) in [5.41, 5.74) is 2.01. The maximum Gasteiger partial charge on any atom is 0.305 e. The first-order chi connectivity index (χ1) is 10.0. The molecule has 0 saturated carbocycles. The minimum atomic E-state index is -0.517. The third-order valence-corrected chi connectivity index (χ3v) is 3.06. The fourth-order valence-corrected chi connectivity index (χ4v) is 1.99. The maximum atomic E-state index is 10.6. The van der Waals surface area contributed by atoms with E-state index in [0.717, 1.165) is 16.9 Å². The highest BCUT2D eigenvalue weighted by molar-refractivity contribution is 5.39. The summed E-state index contributed by atoms with van der Waals surface area (Å²) in [5, 5.41) is 10.6. The van der Waals surface area contributed by atoms with Gasteiger partial charge in [-0.2, -0.15) is 0 Å². The first-order valence-corrected chi connectivity index (χ1v) is 6.32. The van der Waals surface area contributed by atoms with Crippen molar-refractivity contribution in [3.8, 4) is 5.75 Å². The lowest BCUT2D eigenvalue weighted by Gasteiger charge is -2.17. The minimum Gasteiger partial charge on any atom is -0.496 e. The topological polar surface area (TPSA) is 81.4 Å². The molecule has 0 N–H and O–H groups in total. The van der Waals surface area contributed by atoms with Crippen LogP contribution in [0.5, 0.6) is 5.75 Å². The summed E-state index contributed by atoms with van der Waals surface area (Å²) in [7, 11) is 3.47. The Morgan fingerprint density at radius 2 is 2.00 bits per heavy atom. The molecule has 0 amide bonds. The van der Waals surface area contributed by atoms with E-state index in [9.17, 15) is 10.1 Å². The second-order valence-corrected chi connectivity index (χ2v) is 4.66. The predicted molar refractivity (Wildman–Crippen MR) is 78.5 cm³/mol. The number of methoxy groups -OCH3 is 1. The number of benzene rings is 1. The molecule has 2 aromatic rings. The number of anilines is 1. The highest BCUT2D eigenvalue weighted by Crippen LogP contribution is 2.20. The maximum absolute atomic E-state index is 10.6. The monoisotopic (exact) mass is 288 g/mol. The molecule has 0 spiro atoms. The number of aryl methyl sites for hydroxylation is 1. The molecule has 0 bridgehead atoms. The van der Waals surface area contributed by atoms with E-state index in [4.69, 9.17) is 4.74 Å². The molecule has 110 valence electrons. The van der Waals surface area contributed by atoms with Crippen LogP contribution in [-0.2, 0) is 6.54 Å². The summed E-state index contributed by atoms with van der Waals surface area (Å²) in [6.45, 7) is 2.58. The Labute approximate surface area is 122 Å². The Morgan fingerprint density at radius 1 is 1.33 bits per heavy atom. The van der Waals surface area contributed by atoms with Crippen LogP contribution in [0.3, 0.4) is 0 Å². The molecule has 0 fully saturated rings. The van der Waals surface area contributed by atoms with E-state index in [1.165, 1.54) is 12.4 Å². The van der Waals surface area contributed by atoms with Crippen molar-refractivity contribution in [1.82, 2.24) is 9.97 Å². The summed E-state index contributed by atoms with van der Waals surface area (Å²) in [4.78, 5) is 19.9. The SMILES string of the molecule is COc1ccc(CN(C)c2ncc([N+](=O)[O-])cn2)cc1C. The Hall–Kier alpha value is -2.70. The van der Waals surface area contributed by atoms with Crippen LogP contribution in [-0.4, -0.2) is 29.0 Å². The van der Waals surface area contributed by atoms with Gasteiger partial charge in [-0.1, -0.05) is 12.1 Å². The zero-order chi connectivity index (χ0) is 15.4. The molecule has 1 heterocycles. The molecule has 0 atom stereocenters. The highest BCUT2D eigenvalue weighted by Gasteiger charge is 2.10. The Balaban J connectivity index is 2.12. The van der Waals surface area contributed by atoms with Gasteiger partial charge in [0.05, 0.1) is 12.0 Å². The molecular weight excluding hydrogens is 272 g/mol. The summed E-state index contributed by atoms with van der Waals surface area (Å²) in [5.74, 6) is 1.28. The van der Waals surface area contributed by atoms with Gasteiger partial charge in [-0.15, -0.1) is 0 Å². The Kier molecular flexibility index (Phi) is 4.32. The van der Waals surface area contributed by atoms with Gasteiger partial charge in [0.25, 0.3) is 0 Å². The number of ether oxygens (including phenoxy) is 1. The standard InChI is InChI=1S/C14H16N4O3/c1-10-6-11(4-5-13(10)21-3)9-17(2)14-15-7-12(8-16-14)18(19)20/h4-8H,9H2,1-3H3. The van der Waals surface area contributed by atoms with Crippen LogP contribution in [0.1, 0.15) is 11.1 Å². The van der Waals surface area contributed by atoms with Crippen molar-refractivity contribution in [2.24, 2.45) is 0 Å². The summed E-state index contributed by atoms with van der Waals surface area (Å²) in [6.07, 6.45) is 2.41. The number of hydrogen-bond acceptors (Lipinski definition) is 6. The first-order valence-electron chi connectivity index (χ1n) is 6.32. The normalized spacial score (nSPS) is 10.2. The second-order valence-electron chi connectivity index (χ2n) is 4.66. The lowest BCUT2D eigenvalue weighted by molar-refractivity contribution is -0.385. The van der Waals surface area contributed by atoms with E-state index in [1.807, 2.05) is 37.1 Å². The van der Waals surface area contributed by atoms with E-state index < -0.39 is 4.92 Å². The van der Waals surface area contributed by atoms with Gasteiger partial charge in [0.2, 0.25) is 5.95 Å². The summed E-state index contributed by atoms with van der Waals surface area (Å²) in [6, 6.07) is 5.91. The smallest absolute Gasteiger partial charge is 0.305 e. The van der Waals surface area contributed by atoms with Crippen LogP contribution in [0.15, 0.2) is 30.6 Å². The van der Waals surface area contributed by atoms with Crippen molar-refractivity contribution < 1.29 is 9.66 Å². The number of hydrogen-bond donors (Lipinski definition) is 0. The number of aromatic nitrogens is 2. The quantitative estimate of drug-likeness (QED) is 0.620. The van der Waals surface area contributed by atoms with Crippen LogP contribution in [0.25, 0.3) is 0 Å². The van der Waals surface area contributed by atoms with Crippen molar-refractivity contribution in [2.45, 2.75) is 13.5 Å². The molecule has 1 aromatic heterocycles. The Morgan fingerprint density at radius 3 is 2.52 bits per heavy atom. The minimum absolute atomic E-state index is 0.118. The van der Waals surface area contributed by atoms with Crippen molar-refractivity contribution in [3.63, 3.8) is 0 Å².